The maximum Gasteiger partial charge on any atom is 0.182 e. The highest BCUT2D eigenvalue weighted by Crippen LogP contribution is 2.27. The molecule has 0 unspecified atom stereocenters. The van der Waals surface area contributed by atoms with Crippen molar-refractivity contribution in [3.05, 3.63) is 56.8 Å². The van der Waals surface area contributed by atoms with Crippen molar-refractivity contribution in [1.82, 2.24) is 9.55 Å². The summed E-state index contributed by atoms with van der Waals surface area (Å²) < 4.78 is 29.9. The van der Waals surface area contributed by atoms with Gasteiger partial charge in [-0.1, -0.05) is 6.07 Å². The minimum absolute atomic E-state index is 0.320. The molecule has 20 heavy (non-hydrogen) atoms. The number of para-hydroxylation sites is 1. The van der Waals surface area contributed by atoms with Gasteiger partial charge in [0.15, 0.2) is 4.77 Å². The molecule has 1 heterocycles. The molecule has 3 rings (SSSR count). The smallest absolute Gasteiger partial charge is 0.182 e. The molecule has 0 aliphatic heterocycles. The van der Waals surface area contributed by atoms with Crippen molar-refractivity contribution in [2.45, 2.75) is 6.92 Å². The van der Waals surface area contributed by atoms with Crippen molar-refractivity contribution in [2.75, 3.05) is 0 Å². The zero-order valence-electron chi connectivity index (χ0n) is 10.4. The number of halogens is 3. The number of nitrogens with one attached hydrogen (secondary N) is 1. The molecule has 0 radical (unpaired) electrons. The monoisotopic (exact) mass is 354 g/mol. The van der Waals surface area contributed by atoms with E-state index in [9.17, 15) is 8.78 Å². The molecule has 0 saturated carbocycles. The average molecular weight is 355 g/mol. The second-order valence-corrected chi connectivity index (χ2v) is 5.69. The predicted octanol–water partition coefficient (Wildman–Crippen LogP) is 5.04. The van der Waals surface area contributed by atoms with Crippen LogP contribution in [0.3, 0.4) is 0 Å². The number of benzene rings is 2. The first-order chi connectivity index (χ1) is 9.49. The summed E-state index contributed by atoms with van der Waals surface area (Å²) in [6.07, 6.45) is 0. The summed E-state index contributed by atoms with van der Waals surface area (Å²) >= 11 is 8.38. The van der Waals surface area contributed by atoms with Crippen molar-refractivity contribution < 1.29 is 8.78 Å². The molecule has 102 valence electrons. The van der Waals surface area contributed by atoms with E-state index in [1.54, 1.807) is 22.8 Å². The molecule has 6 heteroatoms. The number of aromatic nitrogens is 2. The second-order valence-electron chi connectivity index (χ2n) is 4.45. The molecule has 1 N–H and O–H groups in total. The maximum atomic E-state index is 13.8. The minimum Gasteiger partial charge on any atom is -0.328 e. The molecule has 0 aliphatic carbocycles. The first-order valence-electron chi connectivity index (χ1n) is 5.84. The van der Waals surface area contributed by atoms with Crippen LogP contribution in [0.2, 0.25) is 0 Å². The van der Waals surface area contributed by atoms with Gasteiger partial charge in [0.2, 0.25) is 0 Å². The van der Waals surface area contributed by atoms with Gasteiger partial charge in [0.05, 0.1) is 15.7 Å². The Morgan fingerprint density at radius 1 is 1.20 bits per heavy atom. The van der Waals surface area contributed by atoms with Gasteiger partial charge in [0, 0.05) is 0 Å². The molecule has 0 aliphatic rings. The van der Waals surface area contributed by atoms with E-state index in [4.69, 9.17) is 12.2 Å². The van der Waals surface area contributed by atoms with Crippen LogP contribution >= 0.6 is 28.1 Å². The highest BCUT2D eigenvalue weighted by molar-refractivity contribution is 9.10. The van der Waals surface area contributed by atoms with Crippen LogP contribution in [0.4, 0.5) is 8.78 Å². The van der Waals surface area contributed by atoms with Crippen LogP contribution in [-0.4, -0.2) is 9.55 Å². The highest BCUT2D eigenvalue weighted by atomic mass is 79.9. The van der Waals surface area contributed by atoms with Gasteiger partial charge in [-0.2, -0.15) is 0 Å². The van der Waals surface area contributed by atoms with Crippen molar-refractivity contribution in [3.8, 4) is 5.69 Å². The van der Waals surface area contributed by atoms with E-state index in [0.717, 1.165) is 5.56 Å². The average Bonchev–Trinajstić information content (AvgIpc) is 2.72. The van der Waals surface area contributed by atoms with Gasteiger partial charge in [-0.3, -0.25) is 4.57 Å². The first-order valence-corrected chi connectivity index (χ1v) is 7.04. The summed E-state index contributed by atoms with van der Waals surface area (Å²) in [7, 11) is 0. The number of aryl methyl sites for hydroxylation is 1. The van der Waals surface area contributed by atoms with Crippen molar-refractivity contribution in [3.63, 3.8) is 0 Å². The fourth-order valence-electron chi connectivity index (χ4n) is 2.21. The SMILES string of the molecule is Cc1cc(Br)c(F)cc1-n1c(=S)[nH]c2c(F)cccc21. The minimum atomic E-state index is -0.391. The van der Waals surface area contributed by atoms with Crippen LogP contribution in [0.1, 0.15) is 5.56 Å². The predicted molar refractivity (Wildman–Crippen MR) is 80.8 cm³/mol. The molecular formula is C14H9BrF2N2S. The first kappa shape index (κ1) is 13.5. The topological polar surface area (TPSA) is 20.7 Å². The van der Waals surface area contributed by atoms with E-state index in [1.165, 1.54) is 12.1 Å². The van der Waals surface area contributed by atoms with Gasteiger partial charge in [0.1, 0.15) is 17.2 Å². The number of aromatic amines is 1. The molecule has 0 fully saturated rings. The van der Waals surface area contributed by atoms with E-state index in [0.29, 0.717) is 26.0 Å². The molecule has 3 aromatic rings. The molecule has 2 nitrogen and oxygen atoms in total. The number of rotatable bonds is 1. The molecule has 0 amide bonds. The number of nitrogens with zero attached hydrogens (tertiary/aromatic N) is 1. The van der Waals surface area contributed by atoms with Gasteiger partial charge in [0.25, 0.3) is 0 Å². The van der Waals surface area contributed by atoms with E-state index in [-0.39, 0.29) is 5.82 Å². The van der Waals surface area contributed by atoms with Crippen molar-refractivity contribution in [1.29, 1.82) is 0 Å². The summed E-state index contributed by atoms with van der Waals surface area (Å²) in [6, 6.07) is 7.75. The maximum absolute atomic E-state index is 13.8. The zero-order chi connectivity index (χ0) is 14.4. The number of imidazole rings is 1. The van der Waals surface area contributed by atoms with Gasteiger partial charge >= 0.3 is 0 Å². The third kappa shape index (κ3) is 1.99. The Kier molecular flexibility index (Phi) is 3.22. The Labute approximate surface area is 127 Å². The Hall–Kier alpha value is -1.53. The second kappa shape index (κ2) is 4.79. The number of fused-ring (bicyclic) bond motifs is 1. The lowest BCUT2D eigenvalue weighted by Gasteiger charge is -2.09. The van der Waals surface area contributed by atoms with Crippen LogP contribution in [-0.2, 0) is 0 Å². The molecular weight excluding hydrogens is 346 g/mol. The standard InChI is InChI=1S/C14H9BrF2N2S/c1-7-5-8(15)10(17)6-12(7)19-11-4-2-3-9(16)13(11)18-14(19)20/h2-6H,1H3,(H,18,20). The lowest BCUT2D eigenvalue weighted by atomic mass is 10.2. The van der Waals surface area contributed by atoms with Crippen LogP contribution in [0.15, 0.2) is 34.8 Å². The normalized spacial score (nSPS) is 11.2. The van der Waals surface area contributed by atoms with Gasteiger partial charge in [-0.25, -0.2) is 8.78 Å². The zero-order valence-corrected chi connectivity index (χ0v) is 12.8. The Bertz CT molecular complexity index is 883. The summed E-state index contributed by atoms with van der Waals surface area (Å²) in [6.45, 7) is 1.85. The molecule has 0 atom stereocenters. The van der Waals surface area contributed by atoms with Crippen LogP contribution in [0.5, 0.6) is 0 Å². The van der Waals surface area contributed by atoms with E-state index >= 15 is 0 Å². The van der Waals surface area contributed by atoms with E-state index < -0.39 is 5.82 Å². The Morgan fingerprint density at radius 3 is 2.70 bits per heavy atom. The van der Waals surface area contributed by atoms with Crippen LogP contribution < -0.4 is 0 Å². The molecule has 0 spiro atoms. The van der Waals surface area contributed by atoms with E-state index in [1.807, 2.05) is 6.92 Å². The summed E-state index contributed by atoms with van der Waals surface area (Å²) in [4.78, 5) is 2.82. The molecule has 0 saturated heterocycles. The lowest BCUT2D eigenvalue weighted by Crippen LogP contribution is -1.98. The Morgan fingerprint density at radius 2 is 1.95 bits per heavy atom. The van der Waals surface area contributed by atoms with Crippen molar-refractivity contribution in [2.24, 2.45) is 0 Å². The largest absolute Gasteiger partial charge is 0.328 e. The fourth-order valence-corrected chi connectivity index (χ4v) is 2.97. The third-order valence-electron chi connectivity index (χ3n) is 3.15. The number of hydrogen-bond donors (Lipinski definition) is 1. The lowest BCUT2D eigenvalue weighted by molar-refractivity contribution is 0.619. The van der Waals surface area contributed by atoms with Crippen molar-refractivity contribution >= 4 is 39.2 Å². The fraction of sp³-hybridized carbons (Fsp3) is 0.0714. The number of H-pyrrole nitrogens is 1. The highest BCUT2D eigenvalue weighted by Gasteiger charge is 2.13. The summed E-state index contributed by atoms with van der Waals surface area (Å²) in [5, 5.41) is 0. The summed E-state index contributed by atoms with van der Waals surface area (Å²) in [5.74, 6) is -0.777. The molecule has 1 aromatic heterocycles. The quantitative estimate of drug-likeness (QED) is 0.607. The van der Waals surface area contributed by atoms with Gasteiger partial charge in [-0.15, -0.1) is 0 Å². The molecule has 2 aromatic carbocycles. The molecule has 0 bridgehead atoms. The number of hydrogen-bond acceptors (Lipinski definition) is 1. The third-order valence-corrected chi connectivity index (χ3v) is 4.04. The van der Waals surface area contributed by atoms with Gasteiger partial charge < -0.3 is 4.98 Å². The van der Waals surface area contributed by atoms with Gasteiger partial charge in [-0.05, 0) is 64.9 Å². The van der Waals surface area contributed by atoms with Crippen LogP contribution in [0.25, 0.3) is 16.7 Å². The van der Waals surface area contributed by atoms with E-state index in [2.05, 4.69) is 20.9 Å². The Balaban J connectivity index is 2.41. The van der Waals surface area contributed by atoms with Crippen LogP contribution in [0, 0.1) is 23.3 Å². The summed E-state index contributed by atoms with van der Waals surface area (Å²) in [5.41, 5.74) is 2.33.